The molecule has 0 saturated carbocycles. The van der Waals surface area contributed by atoms with E-state index in [1.54, 1.807) is 23.5 Å². The molecule has 1 fully saturated rings. The summed E-state index contributed by atoms with van der Waals surface area (Å²) < 4.78 is 21.5. The Hall–Kier alpha value is -2.22. The van der Waals surface area contributed by atoms with Crippen LogP contribution in [0.1, 0.15) is 28.8 Å². The third-order valence-corrected chi connectivity index (χ3v) is 7.15. The van der Waals surface area contributed by atoms with Gasteiger partial charge in [-0.25, -0.2) is 12.8 Å². The summed E-state index contributed by atoms with van der Waals surface area (Å²) in [6.45, 7) is 2.05. The first-order valence-electron chi connectivity index (χ1n) is 10.2. The Kier molecular flexibility index (Phi) is 7.64. The zero-order chi connectivity index (χ0) is 21.6. The highest BCUT2D eigenvalue weighted by Crippen LogP contribution is 2.35. The number of para-hydroxylation sites is 1. The average Bonchev–Trinajstić information content (AvgIpc) is 2.78. The van der Waals surface area contributed by atoms with Crippen molar-refractivity contribution in [3.05, 3.63) is 65.7 Å². The van der Waals surface area contributed by atoms with Gasteiger partial charge in [0, 0.05) is 33.7 Å². The molecule has 0 bridgehead atoms. The molecule has 0 aromatic heterocycles. The van der Waals surface area contributed by atoms with Gasteiger partial charge in [-0.1, -0.05) is 42.5 Å². The van der Waals surface area contributed by atoms with Crippen molar-refractivity contribution in [1.29, 1.82) is 0 Å². The number of piperidine rings is 1. The number of hydrogen-bond donors (Lipinski definition) is 1. The van der Waals surface area contributed by atoms with Crippen LogP contribution in [0, 0.1) is 5.41 Å². The minimum Gasteiger partial charge on any atom is -0.496 e. The van der Waals surface area contributed by atoms with Crippen LogP contribution in [0.15, 0.2) is 54.6 Å². The summed E-state index contributed by atoms with van der Waals surface area (Å²) in [6, 6.07) is 17.6. The normalized spacial score (nSPS) is 17.5. The summed E-state index contributed by atoms with van der Waals surface area (Å²) in [7, 11) is 5.23. The van der Waals surface area contributed by atoms with Gasteiger partial charge in [-0.3, -0.25) is 4.79 Å². The first-order chi connectivity index (χ1) is 14.4. The smallest absolute Gasteiger partial charge is 0.255 e. The predicted octanol–water partition coefficient (Wildman–Crippen LogP) is 2.89. The summed E-state index contributed by atoms with van der Waals surface area (Å²) in [4.78, 5) is 12.9. The van der Waals surface area contributed by atoms with Gasteiger partial charge in [0.2, 0.25) is 0 Å². The monoisotopic (exact) mass is 429 g/mol. The predicted molar refractivity (Wildman–Crippen MR) is 121 cm³/mol. The maximum absolute atomic E-state index is 12.9. The molecule has 1 heterocycles. The van der Waals surface area contributed by atoms with E-state index in [4.69, 9.17) is 4.74 Å². The quantitative estimate of drug-likeness (QED) is 0.702. The van der Waals surface area contributed by atoms with Gasteiger partial charge >= 0.3 is 0 Å². The van der Waals surface area contributed by atoms with Crippen molar-refractivity contribution >= 4 is 17.1 Å². The number of carbonyl (C=O) groups excluding carboxylic acids is 1. The summed E-state index contributed by atoms with van der Waals surface area (Å²) in [5.41, 5.74) is 1.72. The maximum atomic E-state index is 12.9. The van der Waals surface area contributed by atoms with Crippen molar-refractivity contribution in [3.8, 4) is 5.75 Å². The molecule has 0 spiro atoms. The molecule has 1 unspecified atom stereocenters. The van der Waals surface area contributed by atoms with Crippen molar-refractivity contribution < 1.29 is 13.7 Å². The van der Waals surface area contributed by atoms with Gasteiger partial charge in [-0.05, 0) is 42.4 Å². The maximum Gasteiger partial charge on any atom is 0.255 e. The fraction of sp³-hybridized carbons (Fsp3) is 0.435. The molecule has 2 aromatic rings. The van der Waals surface area contributed by atoms with Crippen LogP contribution in [0.3, 0.4) is 0 Å². The molecule has 3 rings (SSSR count). The van der Waals surface area contributed by atoms with Gasteiger partial charge in [0.25, 0.3) is 5.91 Å². The van der Waals surface area contributed by atoms with Crippen LogP contribution >= 0.6 is 0 Å². The Morgan fingerprint density at radius 3 is 2.37 bits per heavy atom. The number of amides is 1. The molecule has 1 N–H and O–H groups in total. The van der Waals surface area contributed by atoms with E-state index in [-0.39, 0.29) is 11.3 Å². The van der Waals surface area contributed by atoms with Gasteiger partial charge in [0.1, 0.15) is 5.75 Å². The van der Waals surface area contributed by atoms with Gasteiger partial charge in [0.15, 0.2) is 11.2 Å². The molecule has 1 atom stereocenters. The van der Waals surface area contributed by atoms with Crippen molar-refractivity contribution in [2.75, 3.05) is 40.8 Å². The standard InChI is InChI=1S/C23H31N3O3S/c1-25(2)30(28)26-15-13-23(14-16-26,17-19-9-5-4-6-10-19)18-24-22(27)20-11-7-8-12-21(20)29-3/h4-12H,13-18H2,1-3H3,(H,24,27). The summed E-state index contributed by atoms with van der Waals surface area (Å²) in [5.74, 6) is 0.447. The first-order valence-corrected chi connectivity index (χ1v) is 11.3. The average molecular weight is 430 g/mol. The number of methoxy groups -OCH3 is 1. The Morgan fingerprint density at radius 1 is 1.10 bits per heavy atom. The van der Waals surface area contributed by atoms with E-state index in [0.717, 1.165) is 32.4 Å². The number of carbonyl (C=O) groups is 1. The second kappa shape index (κ2) is 10.2. The lowest BCUT2D eigenvalue weighted by Crippen LogP contribution is -2.49. The molecule has 0 aliphatic carbocycles. The molecule has 162 valence electrons. The van der Waals surface area contributed by atoms with E-state index in [1.165, 1.54) is 5.56 Å². The Morgan fingerprint density at radius 2 is 1.73 bits per heavy atom. The van der Waals surface area contributed by atoms with Crippen LogP contribution in [0.25, 0.3) is 0 Å². The summed E-state index contributed by atoms with van der Waals surface area (Å²) in [5, 5.41) is 3.15. The van der Waals surface area contributed by atoms with E-state index in [1.807, 2.05) is 48.7 Å². The lowest BCUT2D eigenvalue weighted by atomic mass is 9.74. The second-order valence-electron chi connectivity index (χ2n) is 8.02. The van der Waals surface area contributed by atoms with Gasteiger partial charge in [-0.15, -0.1) is 0 Å². The van der Waals surface area contributed by atoms with E-state index >= 15 is 0 Å². The number of hydrogen-bond acceptors (Lipinski definition) is 3. The van der Waals surface area contributed by atoms with Crippen LogP contribution in [-0.2, 0) is 17.6 Å². The van der Waals surface area contributed by atoms with E-state index in [0.29, 0.717) is 17.9 Å². The highest BCUT2D eigenvalue weighted by molar-refractivity contribution is 7.80. The van der Waals surface area contributed by atoms with E-state index in [2.05, 4.69) is 17.4 Å². The van der Waals surface area contributed by atoms with Crippen molar-refractivity contribution in [2.45, 2.75) is 19.3 Å². The molecule has 2 aromatic carbocycles. The first kappa shape index (κ1) is 22.5. The number of rotatable bonds is 8. The van der Waals surface area contributed by atoms with Crippen LogP contribution in [0.2, 0.25) is 0 Å². The lowest BCUT2D eigenvalue weighted by Gasteiger charge is -2.42. The number of benzene rings is 2. The van der Waals surface area contributed by atoms with Crippen molar-refractivity contribution in [2.24, 2.45) is 5.41 Å². The molecule has 6 nitrogen and oxygen atoms in total. The molecular weight excluding hydrogens is 398 g/mol. The molecular formula is C23H31N3O3S. The molecule has 1 aliphatic rings. The number of nitrogens with one attached hydrogen (secondary N) is 1. The van der Waals surface area contributed by atoms with Crippen LogP contribution in [0.4, 0.5) is 0 Å². The Bertz CT molecular complexity index is 865. The van der Waals surface area contributed by atoms with Crippen LogP contribution in [0.5, 0.6) is 5.75 Å². The number of nitrogens with zero attached hydrogens (tertiary/aromatic N) is 2. The van der Waals surface area contributed by atoms with Crippen molar-refractivity contribution in [3.63, 3.8) is 0 Å². The highest BCUT2D eigenvalue weighted by Gasteiger charge is 2.37. The van der Waals surface area contributed by atoms with Crippen LogP contribution < -0.4 is 10.1 Å². The van der Waals surface area contributed by atoms with Crippen LogP contribution in [-0.4, -0.2) is 59.6 Å². The lowest BCUT2D eigenvalue weighted by molar-refractivity contribution is 0.0891. The molecule has 7 heteroatoms. The molecule has 0 radical (unpaired) electrons. The van der Waals surface area contributed by atoms with Gasteiger partial charge in [0.05, 0.1) is 12.7 Å². The fourth-order valence-electron chi connectivity index (χ4n) is 3.99. The molecule has 1 aliphatic heterocycles. The number of ether oxygens (including phenoxy) is 1. The molecule has 1 amide bonds. The zero-order valence-corrected chi connectivity index (χ0v) is 18.8. The Balaban J connectivity index is 1.74. The summed E-state index contributed by atoms with van der Waals surface area (Å²) in [6.07, 6.45) is 2.61. The van der Waals surface area contributed by atoms with Gasteiger partial charge < -0.3 is 10.1 Å². The second-order valence-corrected chi connectivity index (χ2v) is 9.73. The third-order valence-electron chi connectivity index (χ3n) is 5.71. The highest BCUT2D eigenvalue weighted by atomic mass is 32.2. The molecule has 30 heavy (non-hydrogen) atoms. The molecule has 1 saturated heterocycles. The van der Waals surface area contributed by atoms with Crippen molar-refractivity contribution in [1.82, 2.24) is 13.9 Å². The minimum absolute atomic E-state index is 0.0773. The fourth-order valence-corrected chi connectivity index (χ4v) is 4.94. The third kappa shape index (κ3) is 5.47. The van der Waals surface area contributed by atoms with E-state index < -0.39 is 11.2 Å². The zero-order valence-electron chi connectivity index (χ0n) is 18.0. The van der Waals surface area contributed by atoms with E-state index in [9.17, 15) is 9.00 Å². The minimum atomic E-state index is -1.12. The SMILES string of the molecule is COc1ccccc1C(=O)NCC1(Cc2ccccc2)CCN(S(=O)N(C)C)CC1. The van der Waals surface area contributed by atoms with Gasteiger partial charge in [-0.2, -0.15) is 0 Å². The largest absolute Gasteiger partial charge is 0.496 e. The topological polar surface area (TPSA) is 61.9 Å². The Labute approximate surface area is 181 Å². The summed E-state index contributed by atoms with van der Waals surface area (Å²) >= 11 is -1.12.